The second-order valence-electron chi connectivity index (χ2n) is 3.43. The van der Waals surface area contributed by atoms with E-state index in [1.807, 2.05) is 20.8 Å². The van der Waals surface area contributed by atoms with Crippen molar-refractivity contribution in [2.75, 3.05) is 6.54 Å². The highest BCUT2D eigenvalue weighted by atomic mass is 35.5. The summed E-state index contributed by atoms with van der Waals surface area (Å²) < 4.78 is 0. The molecule has 4 nitrogen and oxygen atoms in total. The topological polar surface area (TPSA) is 46.1 Å². The zero-order chi connectivity index (χ0) is 11.4. The Bertz CT molecular complexity index is 337. The van der Waals surface area contributed by atoms with E-state index in [4.69, 9.17) is 11.6 Å². The van der Waals surface area contributed by atoms with Crippen molar-refractivity contribution in [3.63, 3.8) is 0 Å². The van der Waals surface area contributed by atoms with Crippen molar-refractivity contribution in [2.24, 2.45) is 0 Å². The van der Waals surface area contributed by atoms with E-state index in [-0.39, 0.29) is 11.9 Å². The highest BCUT2D eigenvalue weighted by Gasteiger charge is 2.18. The van der Waals surface area contributed by atoms with Crippen LogP contribution >= 0.6 is 11.6 Å². The molecule has 0 atom stereocenters. The lowest BCUT2D eigenvalue weighted by atomic mass is 10.2. The smallest absolute Gasteiger partial charge is 0.274 e. The molecule has 0 unspecified atom stereocenters. The number of carbonyl (C=O) groups is 1. The van der Waals surface area contributed by atoms with Crippen molar-refractivity contribution in [3.05, 3.63) is 23.0 Å². The minimum Gasteiger partial charge on any atom is -0.335 e. The highest BCUT2D eigenvalue weighted by molar-refractivity contribution is 6.29. The third-order valence-corrected chi connectivity index (χ3v) is 2.28. The molecular weight excluding hydrogens is 214 g/mol. The van der Waals surface area contributed by atoms with Gasteiger partial charge in [-0.1, -0.05) is 11.6 Å². The minimum absolute atomic E-state index is 0.114. The molecule has 0 fully saturated rings. The molecule has 0 bridgehead atoms. The molecule has 1 heterocycles. The van der Waals surface area contributed by atoms with Crippen molar-refractivity contribution in [3.8, 4) is 0 Å². The van der Waals surface area contributed by atoms with Gasteiger partial charge in [-0.15, -0.1) is 10.2 Å². The molecule has 1 aromatic rings. The van der Waals surface area contributed by atoms with Crippen molar-refractivity contribution in [2.45, 2.75) is 26.8 Å². The maximum absolute atomic E-state index is 11.9. The first-order valence-electron chi connectivity index (χ1n) is 4.86. The summed E-state index contributed by atoms with van der Waals surface area (Å²) in [6.07, 6.45) is 0. The first kappa shape index (κ1) is 11.9. The van der Waals surface area contributed by atoms with E-state index in [9.17, 15) is 4.79 Å². The molecule has 15 heavy (non-hydrogen) atoms. The summed E-state index contributed by atoms with van der Waals surface area (Å²) in [4.78, 5) is 13.6. The van der Waals surface area contributed by atoms with Gasteiger partial charge in [-0.25, -0.2) is 0 Å². The zero-order valence-corrected chi connectivity index (χ0v) is 9.82. The van der Waals surface area contributed by atoms with Crippen molar-refractivity contribution < 1.29 is 4.79 Å². The Morgan fingerprint density at radius 2 is 2.13 bits per heavy atom. The summed E-state index contributed by atoms with van der Waals surface area (Å²) in [6, 6.07) is 3.30. The first-order chi connectivity index (χ1) is 7.06. The summed E-state index contributed by atoms with van der Waals surface area (Å²) in [6.45, 7) is 6.51. The molecule has 5 heteroatoms. The predicted octanol–water partition coefficient (Wildman–Crippen LogP) is 2.00. The quantitative estimate of drug-likeness (QED) is 0.794. The molecular formula is C10H14ClN3O. The molecule has 0 aromatic carbocycles. The number of aromatic nitrogens is 2. The van der Waals surface area contributed by atoms with Crippen LogP contribution in [0.25, 0.3) is 0 Å². The van der Waals surface area contributed by atoms with E-state index in [2.05, 4.69) is 10.2 Å². The van der Waals surface area contributed by atoms with Crippen LogP contribution in [0.2, 0.25) is 5.15 Å². The van der Waals surface area contributed by atoms with E-state index in [1.165, 1.54) is 0 Å². The van der Waals surface area contributed by atoms with Crippen LogP contribution in [0.15, 0.2) is 12.1 Å². The molecule has 0 radical (unpaired) electrons. The number of carbonyl (C=O) groups excluding carboxylic acids is 1. The summed E-state index contributed by atoms with van der Waals surface area (Å²) in [5.41, 5.74) is 0.329. The van der Waals surface area contributed by atoms with Crippen LogP contribution in [0.4, 0.5) is 0 Å². The van der Waals surface area contributed by atoms with Crippen LogP contribution in [0.3, 0.4) is 0 Å². The van der Waals surface area contributed by atoms with E-state index >= 15 is 0 Å². The molecule has 1 amide bonds. The number of amides is 1. The summed E-state index contributed by atoms with van der Waals surface area (Å²) in [5, 5.41) is 7.69. The molecule has 1 rings (SSSR count). The fraction of sp³-hybridized carbons (Fsp3) is 0.500. The maximum atomic E-state index is 11.9. The van der Waals surface area contributed by atoms with Gasteiger partial charge < -0.3 is 4.90 Å². The lowest BCUT2D eigenvalue weighted by Crippen LogP contribution is -2.37. The lowest BCUT2D eigenvalue weighted by molar-refractivity contribution is 0.0709. The summed E-state index contributed by atoms with van der Waals surface area (Å²) in [5.74, 6) is -0.114. The predicted molar refractivity (Wildman–Crippen MR) is 58.9 cm³/mol. The van der Waals surface area contributed by atoms with Crippen LogP contribution < -0.4 is 0 Å². The van der Waals surface area contributed by atoms with Gasteiger partial charge in [0, 0.05) is 12.6 Å². The monoisotopic (exact) mass is 227 g/mol. The van der Waals surface area contributed by atoms with Crippen LogP contribution in [0.5, 0.6) is 0 Å². The lowest BCUT2D eigenvalue weighted by Gasteiger charge is -2.24. The second kappa shape index (κ2) is 5.07. The Morgan fingerprint density at radius 3 is 2.53 bits per heavy atom. The minimum atomic E-state index is -0.114. The number of nitrogens with zero attached hydrogens (tertiary/aromatic N) is 3. The van der Waals surface area contributed by atoms with Gasteiger partial charge in [-0.05, 0) is 32.9 Å². The van der Waals surface area contributed by atoms with E-state index in [1.54, 1.807) is 17.0 Å². The molecule has 82 valence electrons. The van der Waals surface area contributed by atoms with Crippen LogP contribution in [0, 0.1) is 0 Å². The summed E-state index contributed by atoms with van der Waals surface area (Å²) >= 11 is 5.59. The standard InChI is InChI=1S/C10H14ClN3O/c1-4-14(7(2)3)10(15)8-5-6-9(11)13-12-8/h5-7H,4H2,1-3H3. The third-order valence-electron chi connectivity index (χ3n) is 2.08. The number of halogens is 1. The normalized spacial score (nSPS) is 10.5. The van der Waals surface area contributed by atoms with Crippen LogP contribution in [-0.2, 0) is 0 Å². The molecule has 0 aliphatic rings. The average Bonchev–Trinajstić information content (AvgIpc) is 2.19. The van der Waals surface area contributed by atoms with Crippen molar-refractivity contribution in [1.29, 1.82) is 0 Å². The number of hydrogen-bond donors (Lipinski definition) is 0. The Morgan fingerprint density at radius 1 is 1.47 bits per heavy atom. The second-order valence-corrected chi connectivity index (χ2v) is 3.81. The van der Waals surface area contributed by atoms with Gasteiger partial charge in [0.15, 0.2) is 10.8 Å². The zero-order valence-electron chi connectivity index (χ0n) is 9.07. The van der Waals surface area contributed by atoms with Crippen molar-refractivity contribution >= 4 is 17.5 Å². The number of hydrogen-bond acceptors (Lipinski definition) is 3. The molecule has 0 spiro atoms. The van der Waals surface area contributed by atoms with Gasteiger partial charge in [0.2, 0.25) is 0 Å². The van der Waals surface area contributed by atoms with Gasteiger partial charge in [-0.3, -0.25) is 4.79 Å². The SMILES string of the molecule is CCN(C(=O)c1ccc(Cl)nn1)C(C)C. The fourth-order valence-electron chi connectivity index (χ4n) is 1.32. The van der Waals surface area contributed by atoms with Gasteiger partial charge >= 0.3 is 0 Å². The molecule has 0 N–H and O–H groups in total. The van der Waals surface area contributed by atoms with Crippen LogP contribution in [0.1, 0.15) is 31.3 Å². The Labute approximate surface area is 94.3 Å². The first-order valence-corrected chi connectivity index (χ1v) is 5.24. The van der Waals surface area contributed by atoms with E-state index < -0.39 is 0 Å². The van der Waals surface area contributed by atoms with Gasteiger partial charge in [0.05, 0.1) is 0 Å². The average molecular weight is 228 g/mol. The molecule has 0 aliphatic heterocycles. The fourth-order valence-corrected chi connectivity index (χ4v) is 1.42. The van der Waals surface area contributed by atoms with E-state index in [0.717, 1.165) is 0 Å². The molecule has 0 saturated carbocycles. The molecule has 1 aromatic heterocycles. The Balaban J connectivity index is 2.88. The molecule has 0 aliphatic carbocycles. The third kappa shape index (κ3) is 2.89. The van der Waals surface area contributed by atoms with Crippen molar-refractivity contribution in [1.82, 2.24) is 15.1 Å². The van der Waals surface area contributed by atoms with Gasteiger partial charge in [-0.2, -0.15) is 0 Å². The highest BCUT2D eigenvalue weighted by Crippen LogP contribution is 2.07. The summed E-state index contributed by atoms with van der Waals surface area (Å²) in [7, 11) is 0. The van der Waals surface area contributed by atoms with E-state index in [0.29, 0.717) is 17.4 Å². The van der Waals surface area contributed by atoms with Crippen LogP contribution in [-0.4, -0.2) is 33.6 Å². The Hall–Kier alpha value is -1.16. The van der Waals surface area contributed by atoms with Gasteiger partial charge in [0.25, 0.3) is 5.91 Å². The number of rotatable bonds is 3. The maximum Gasteiger partial charge on any atom is 0.274 e. The largest absolute Gasteiger partial charge is 0.335 e. The Kier molecular flexibility index (Phi) is 4.03. The van der Waals surface area contributed by atoms with Gasteiger partial charge in [0.1, 0.15) is 0 Å². The molecule has 0 saturated heterocycles.